The van der Waals surface area contributed by atoms with Crippen LogP contribution in [0.15, 0.2) is 34.8 Å². The summed E-state index contributed by atoms with van der Waals surface area (Å²) in [5.41, 5.74) is 6.34. The van der Waals surface area contributed by atoms with Crippen molar-refractivity contribution in [2.45, 2.75) is 6.42 Å². The maximum atomic E-state index is 10.9. The van der Waals surface area contributed by atoms with Crippen molar-refractivity contribution < 1.29 is 4.79 Å². The van der Waals surface area contributed by atoms with E-state index < -0.39 is 5.91 Å². The summed E-state index contributed by atoms with van der Waals surface area (Å²) >= 11 is 9.43. The Balaban J connectivity index is 1.92. The quantitative estimate of drug-likeness (QED) is 0.864. The van der Waals surface area contributed by atoms with Gasteiger partial charge in [-0.3, -0.25) is 4.79 Å². The topological polar surface area (TPSA) is 80.9 Å². The molecule has 0 fully saturated rings. The van der Waals surface area contributed by atoms with Crippen LogP contribution in [0.4, 0.5) is 5.82 Å². The molecule has 7 heteroatoms. The smallest absolute Gasteiger partial charge is 0.269 e. The van der Waals surface area contributed by atoms with E-state index in [1.165, 1.54) is 6.07 Å². The molecular weight excluding hydrogens is 344 g/mol. The van der Waals surface area contributed by atoms with Crippen LogP contribution in [-0.2, 0) is 6.42 Å². The van der Waals surface area contributed by atoms with Crippen LogP contribution in [-0.4, -0.2) is 22.6 Å². The minimum Gasteiger partial charge on any atom is -0.368 e. The number of carbonyl (C=O) groups excluding carboxylic acids is 1. The summed E-state index contributed by atoms with van der Waals surface area (Å²) in [6, 6.07) is 8.86. The molecule has 104 valence electrons. The first-order valence-corrected chi connectivity index (χ1v) is 7.04. The molecule has 0 aliphatic heterocycles. The fraction of sp³-hybridized carbons (Fsp3) is 0.154. The molecule has 2 aromatic rings. The van der Waals surface area contributed by atoms with Crippen molar-refractivity contribution in [3.63, 3.8) is 0 Å². The minimum absolute atomic E-state index is 0.146. The first-order valence-electron chi connectivity index (χ1n) is 5.87. The van der Waals surface area contributed by atoms with Crippen LogP contribution in [0.5, 0.6) is 0 Å². The van der Waals surface area contributed by atoms with Crippen molar-refractivity contribution >= 4 is 39.3 Å². The van der Waals surface area contributed by atoms with E-state index in [9.17, 15) is 4.79 Å². The zero-order chi connectivity index (χ0) is 14.5. The fourth-order valence-corrected chi connectivity index (χ4v) is 2.26. The van der Waals surface area contributed by atoms with Gasteiger partial charge in [0.2, 0.25) is 0 Å². The lowest BCUT2D eigenvalue weighted by molar-refractivity contribution is 0.0994. The molecule has 1 heterocycles. The highest BCUT2D eigenvalue weighted by Gasteiger charge is 2.04. The fourth-order valence-electron chi connectivity index (χ4n) is 1.62. The molecule has 0 aliphatic rings. The van der Waals surface area contributed by atoms with Crippen LogP contribution in [0.25, 0.3) is 0 Å². The van der Waals surface area contributed by atoms with Crippen LogP contribution in [0, 0.1) is 0 Å². The average Bonchev–Trinajstić information content (AvgIpc) is 2.43. The van der Waals surface area contributed by atoms with E-state index in [2.05, 4.69) is 31.4 Å². The first-order chi connectivity index (χ1) is 9.56. The lowest BCUT2D eigenvalue weighted by Crippen LogP contribution is -2.14. The minimum atomic E-state index is -0.591. The molecule has 0 saturated carbocycles. The van der Waals surface area contributed by atoms with E-state index in [1.807, 2.05) is 18.2 Å². The molecular formula is C13H12BrClN4O. The highest BCUT2D eigenvalue weighted by molar-refractivity contribution is 9.10. The predicted molar refractivity (Wildman–Crippen MR) is 81.9 cm³/mol. The van der Waals surface area contributed by atoms with E-state index in [-0.39, 0.29) is 5.69 Å². The zero-order valence-electron chi connectivity index (χ0n) is 10.4. The molecule has 0 aliphatic carbocycles. The van der Waals surface area contributed by atoms with Gasteiger partial charge in [-0.1, -0.05) is 27.5 Å². The molecule has 0 saturated heterocycles. The average molecular weight is 356 g/mol. The van der Waals surface area contributed by atoms with Crippen molar-refractivity contribution in [2.75, 3.05) is 11.9 Å². The van der Waals surface area contributed by atoms with Crippen LogP contribution < -0.4 is 11.1 Å². The van der Waals surface area contributed by atoms with E-state index >= 15 is 0 Å². The zero-order valence-corrected chi connectivity index (χ0v) is 12.8. The Labute approximate surface area is 129 Å². The van der Waals surface area contributed by atoms with Gasteiger partial charge in [-0.25, -0.2) is 0 Å². The molecule has 0 atom stereocenters. The van der Waals surface area contributed by atoms with Crippen molar-refractivity contribution in [3.05, 3.63) is 51.1 Å². The molecule has 1 amide bonds. The third-order valence-corrected chi connectivity index (χ3v) is 3.63. The van der Waals surface area contributed by atoms with Gasteiger partial charge in [0.1, 0.15) is 5.82 Å². The largest absolute Gasteiger partial charge is 0.368 e. The monoisotopic (exact) mass is 354 g/mol. The summed E-state index contributed by atoms with van der Waals surface area (Å²) in [4.78, 5) is 10.9. The number of carbonyl (C=O) groups is 1. The molecule has 1 aromatic heterocycles. The van der Waals surface area contributed by atoms with Crippen molar-refractivity contribution in [3.8, 4) is 0 Å². The van der Waals surface area contributed by atoms with Gasteiger partial charge in [0.15, 0.2) is 5.69 Å². The number of nitrogens with zero attached hydrogens (tertiary/aromatic N) is 2. The maximum absolute atomic E-state index is 10.9. The van der Waals surface area contributed by atoms with Gasteiger partial charge >= 0.3 is 0 Å². The molecule has 2 rings (SSSR count). The van der Waals surface area contributed by atoms with Gasteiger partial charge in [0.25, 0.3) is 5.91 Å². The summed E-state index contributed by atoms with van der Waals surface area (Å²) in [7, 11) is 0. The lowest BCUT2D eigenvalue weighted by atomic mass is 10.1. The Morgan fingerprint density at radius 1 is 1.30 bits per heavy atom. The van der Waals surface area contributed by atoms with Crippen LogP contribution in [0.2, 0.25) is 5.02 Å². The normalized spacial score (nSPS) is 10.3. The van der Waals surface area contributed by atoms with E-state index in [0.717, 1.165) is 16.5 Å². The Morgan fingerprint density at radius 3 is 2.75 bits per heavy atom. The predicted octanol–water partition coefficient (Wildman–Crippen LogP) is 2.65. The SMILES string of the molecule is NC(=O)c1ccc(NCCc2cc(Cl)ccc2Br)nn1. The number of primary amides is 1. The van der Waals surface area contributed by atoms with Crippen LogP contribution in [0.1, 0.15) is 16.1 Å². The van der Waals surface area contributed by atoms with Gasteiger partial charge in [0.05, 0.1) is 0 Å². The first kappa shape index (κ1) is 14.7. The second-order valence-electron chi connectivity index (χ2n) is 4.08. The summed E-state index contributed by atoms with van der Waals surface area (Å²) < 4.78 is 1.01. The molecule has 3 N–H and O–H groups in total. The summed E-state index contributed by atoms with van der Waals surface area (Å²) in [6.45, 7) is 0.670. The van der Waals surface area contributed by atoms with E-state index in [4.69, 9.17) is 17.3 Å². The van der Waals surface area contributed by atoms with Crippen LogP contribution in [0.3, 0.4) is 0 Å². The number of aromatic nitrogens is 2. The maximum Gasteiger partial charge on any atom is 0.269 e. The number of nitrogens with one attached hydrogen (secondary N) is 1. The second-order valence-corrected chi connectivity index (χ2v) is 5.37. The molecule has 0 bridgehead atoms. The molecule has 0 unspecified atom stereocenters. The van der Waals surface area contributed by atoms with Gasteiger partial charge in [0, 0.05) is 16.0 Å². The molecule has 1 aromatic carbocycles. The molecule has 5 nitrogen and oxygen atoms in total. The third kappa shape index (κ3) is 3.91. The van der Waals surface area contributed by atoms with Crippen molar-refractivity contribution in [2.24, 2.45) is 5.73 Å². The lowest BCUT2D eigenvalue weighted by Gasteiger charge is -2.07. The molecule has 0 radical (unpaired) electrons. The standard InChI is InChI=1S/C13H12BrClN4O/c14-10-2-1-9(15)7-8(10)5-6-17-12-4-3-11(13(16)20)18-19-12/h1-4,7H,5-6H2,(H2,16,20)(H,17,19). The van der Waals surface area contributed by atoms with Gasteiger partial charge in [-0.15, -0.1) is 10.2 Å². The van der Waals surface area contributed by atoms with E-state index in [1.54, 1.807) is 6.07 Å². The second kappa shape index (κ2) is 6.67. The Bertz CT molecular complexity index is 618. The number of benzene rings is 1. The number of amides is 1. The van der Waals surface area contributed by atoms with Gasteiger partial charge in [-0.05, 0) is 42.3 Å². The summed E-state index contributed by atoms with van der Waals surface area (Å²) in [5.74, 6) is 0.0000542. The number of nitrogens with two attached hydrogens (primary N) is 1. The Kier molecular flexibility index (Phi) is 4.92. The number of hydrogen-bond donors (Lipinski definition) is 2. The van der Waals surface area contributed by atoms with Crippen LogP contribution >= 0.6 is 27.5 Å². The molecule has 0 spiro atoms. The van der Waals surface area contributed by atoms with E-state index in [0.29, 0.717) is 17.4 Å². The summed E-state index contributed by atoms with van der Waals surface area (Å²) in [5, 5.41) is 11.4. The number of anilines is 1. The van der Waals surface area contributed by atoms with Crippen molar-refractivity contribution in [1.29, 1.82) is 0 Å². The Hall–Kier alpha value is -1.66. The highest BCUT2D eigenvalue weighted by atomic mass is 79.9. The van der Waals surface area contributed by atoms with Gasteiger partial charge in [-0.2, -0.15) is 0 Å². The Morgan fingerprint density at radius 2 is 2.10 bits per heavy atom. The summed E-state index contributed by atoms with van der Waals surface area (Å²) in [6.07, 6.45) is 0.778. The van der Waals surface area contributed by atoms with Gasteiger partial charge < -0.3 is 11.1 Å². The molecule has 20 heavy (non-hydrogen) atoms. The number of hydrogen-bond acceptors (Lipinski definition) is 4. The number of rotatable bonds is 5. The van der Waals surface area contributed by atoms with Crippen molar-refractivity contribution in [1.82, 2.24) is 10.2 Å². The number of halogens is 2. The third-order valence-electron chi connectivity index (χ3n) is 2.63. The highest BCUT2D eigenvalue weighted by Crippen LogP contribution is 2.21.